The number of hydrazine groups is 1. The second kappa shape index (κ2) is 7.53. The van der Waals surface area contributed by atoms with Gasteiger partial charge in [-0.25, -0.2) is 10.4 Å². The summed E-state index contributed by atoms with van der Waals surface area (Å²) in [6.07, 6.45) is 3.20. The zero-order chi connectivity index (χ0) is 9.40. The largest absolute Gasteiger partial charge is 0.317 e. The molecule has 0 saturated carbocycles. The van der Waals surface area contributed by atoms with E-state index in [2.05, 4.69) is 31.2 Å². The van der Waals surface area contributed by atoms with Gasteiger partial charge >= 0.3 is 0 Å². The van der Waals surface area contributed by atoms with Gasteiger partial charge in [-0.3, -0.25) is 0 Å². The van der Waals surface area contributed by atoms with Gasteiger partial charge in [0.1, 0.15) is 0 Å². The van der Waals surface area contributed by atoms with E-state index in [0.29, 0.717) is 12.7 Å². The average Bonchev–Trinajstić information content (AvgIpc) is 2.07. The Morgan fingerprint density at radius 3 is 2.50 bits per heavy atom. The van der Waals surface area contributed by atoms with Crippen LogP contribution in [0.5, 0.6) is 0 Å². The molecule has 3 nitrogen and oxygen atoms in total. The Morgan fingerprint density at radius 2 is 2.17 bits per heavy atom. The van der Waals surface area contributed by atoms with Crippen LogP contribution in [0.2, 0.25) is 0 Å². The molecule has 0 aliphatic rings. The highest BCUT2D eigenvalue weighted by Gasteiger charge is 2.12. The van der Waals surface area contributed by atoms with Crippen molar-refractivity contribution in [1.29, 1.82) is 0 Å². The van der Waals surface area contributed by atoms with Gasteiger partial charge in [-0.15, -0.1) is 0 Å². The molecule has 0 heterocycles. The van der Waals surface area contributed by atoms with Crippen molar-refractivity contribution in [3.8, 4) is 0 Å². The lowest BCUT2D eigenvalue weighted by Gasteiger charge is -2.29. The summed E-state index contributed by atoms with van der Waals surface area (Å²) in [4.78, 5) is 0. The van der Waals surface area contributed by atoms with Crippen LogP contribution < -0.4 is 11.2 Å². The SMILES string of the molecule is [CH2]CC(CC)N(CCC)NCN. The van der Waals surface area contributed by atoms with Crippen LogP contribution >= 0.6 is 0 Å². The summed E-state index contributed by atoms with van der Waals surface area (Å²) in [5.41, 5.74) is 8.59. The van der Waals surface area contributed by atoms with Crippen LogP contribution in [0, 0.1) is 6.92 Å². The number of hydrogen-bond donors (Lipinski definition) is 2. The van der Waals surface area contributed by atoms with Crippen molar-refractivity contribution < 1.29 is 0 Å². The quantitative estimate of drug-likeness (QED) is 0.447. The molecule has 12 heavy (non-hydrogen) atoms. The number of hydrogen-bond acceptors (Lipinski definition) is 3. The fourth-order valence-corrected chi connectivity index (χ4v) is 1.33. The van der Waals surface area contributed by atoms with Gasteiger partial charge in [-0.1, -0.05) is 20.8 Å². The standard InChI is InChI=1S/C9H22N3/c1-4-7-12(11-8-10)9(5-2)6-3/h9,11H,2,4-8,10H2,1,3H3. The molecule has 0 spiro atoms. The second-order valence-electron chi connectivity index (χ2n) is 2.91. The first-order valence-electron chi connectivity index (χ1n) is 4.79. The number of nitrogens with one attached hydrogen (secondary N) is 1. The molecular weight excluding hydrogens is 150 g/mol. The molecule has 0 saturated heterocycles. The van der Waals surface area contributed by atoms with Crippen molar-refractivity contribution >= 4 is 0 Å². The normalized spacial score (nSPS) is 11.5. The van der Waals surface area contributed by atoms with Crippen LogP contribution in [0.4, 0.5) is 0 Å². The smallest absolute Gasteiger partial charge is 0.0567 e. The number of nitrogens with zero attached hydrogens (tertiary/aromatic N) is 1. The molecule has 0 amide bonds. The third kappa shape index (κ3) is 4.04. The van der Waals surface area contributed by atoms with Crippen molar-refractivity contribution in [3.63, 3.8) is 0 Å². The average molecular weight is 172 g/mol. The van der Waals surface area contributed by atoms with Crippen LogP contribution in [0.15, 0.2) is 0 Å². The van der Waals surface area contributed by atoms with Crippen LogP contribution in [-0.2, 0) is 0 Å². The van der Waals surface area contributed by atoms with Gasteiger partial charge < -0.3 is 5.73 Å². The Kier molecular flexibility index (Phi) is 7.45. The lowest BCUT2D eigenvalue weighted by Crippen LogP contribution is -2.47. The minimum absolute atomic E-state index is 0.510. The number of nitrogens with two attached hydrogens (primary N) is 1. The molecule has 1 radical (unpaired) electrons. The first kappa shape index (κ1) is 11.9. The van der Waals surface area contributed by atoms with E-state index >= 15 is 0 Å². The van der Waals surface area contributed by atoms with E-state index in [0.717, 1.165) is 25.8 Å². The third-order valence-electron chi connectivity index (χ3n) is 2.00. The molecule has 0 aliphatic carbocycles. The van der Waals surface area contributed by atoms with Crippen LogP contribution in [-0.4, -0.2) is 24.3 Å². The maximum absolute atomic E-state index is 5.43. The summed E-state index contributed by atoms with van der Waals surface area (Å²) in [6.45, 7) is 9.82. The topological polar surface area (TPSA) is 41.3 Å². The molecule has 0 rings (SSSR count). The van der Waals surface area contributed by atoms with Crippen molar-refractivity contribution in [1.82, 2.24) is 10.4 Å². The van der Waals surface area contributed by atoms with Gasteiger partial charge in [0.2, 0.25) is 0 Å². The van der Waals surface area contributed by atoms with E-state index in [-0.39, 0.29) is 0 Å². The van der Waals surface area contributed by atoms with Crippen molar-refractivity contribution in [2.45, 2.75) is 39.2 Å². The van der Waals surface area contributed by atoms with Crippen LogP contribution in [0.1, 0.15) is 33.1 Å². The van der Waals surface area contributed by atoms with Crippen molar-refractivity contribution in [3.05, 3.63) is 6.92 Å². The lowest BCUT2D eigenvalue weighted by atomic mass is 10.1. The molecule has 0 aromatic carbocycles. The fourth-order valence-electron chi connectivity index (χ4n) is 1.33. The van der Waals surface area contributed by atoms with E-state index in [1.165, 1.54) is 0 Å². The van der Waals surface area contributed by atoms with Gasteiger partial charge in [0.15, 0.2) is 0 Å². The highest BCUT2D eigenvalue weighted by atomic mass is 15.5. The minimum Gasteiger partial charge on any atom is -0.317 e. The van der Waals surface area contributed by atoms with E-state index < -0.39 is 0 Å². The first-order valence-corrected chi connectivity index (χ1v) is 4.79. The van der Waals surface area contributed by atoms with E-state index in [1.807, 2.05) is 0 Å². The van der Waals surface area contributed by atoms with Crippen LogP contribution in [0.3, 0.4) is 0 Å². The van der Waals surface area contributed by atoms with E-state index in [9.17, 15) is 0 Å². The van der Waals surface area contributed by atoms with Gasteiger partial charge in [0.25, 0.3) is 0 Å². The highest BCUT2D eigenvalue weighted by molar-refractivity contribution is 4.67. The predicted octanol–water partition coefficient (Wildman–Crippen LogP) is 1.12. The molecule has 0 fully saturated rings. The maximum atomic E-state index is 5.43. The molecule has 0 aliphatic heterocycles. The molecular formula is C9H22N3. The Bertz CT molecular complexity index is 85.8. The van der Waals surface area contributed by atoms with Crippen LogP contribution in [0.25, 0.3) is 0 Å². The van der Waals surface area contributed by atoms with Gasteiger partial charge in [-0.05, 0) is 19.3 Å². The van der Waals surface area contributed by atoms with E-state index in [1.54, 1.807) is 0 Å². The maximum Gasteiger partial charge on any atom is 0.0567 e. The lowest BCUT2D eigenvalue weighted by molar-refractivity contribution is 0.122. The molecule has 0 aromatic heterocycles. The molecule has 1 atom stereocenters. The van der Waals surface area contributed by atoms with Gasteiger partial charge in [0, 0.05) is 12.6 Å². The Balaban J connectivity index is 3.86. The molecule has 0 aromatic rings. The van der Waals surface area contributed by atoms with Crippen molar-refractivity contribution in [2.24, 2.45) is 5.73 Å². The summed E-state index contributed by atoms with van der Waals surface area (Å²) in [5, 5.41) is 2.20. The van der Waals surface area contributed by atoms with Gasteiger partial charge in [-0.2, -0.15) is 0 Å². The summed E-state index contributed by atoms with van der Waals surface area (Å²) in [6, 6.07) is 0.522. The summed E-state index contributed by atoms with van der Waals surface area (Å²) in [5.74, 6) is 0. The highest BCUT2D eigenvalue weighted by Crippen LogP contribution is 2.05. The zero-order valence-corrected chi connectivity index (χ0v) is 8.34. The summed E-state index contributed by atoms with van der Waals surface area (Å²) in [7, 11) is 0. The number of rotatable bonds is 7. The predicted molar refractivity (Wildman–Crippen MR) is 53.2 cm³/mol. The minimum atomic E-state index is 0.510. The Hall–Kier alpha value is -0.120. The summed E-state index contributed by atoms with van der Waals surface area (Å²) >= 11 is 0. The van der Waals surface area contributed by atoms with Crippen molar-refractivity contribution in [2.75, 3.05) is 13.2 Å². The Labute approximate surface area is 76.3 Å². The monoisotopic (exact) mass is 172 g/mol. The second-order valence-corrected chi connectivity index (χ2v) is 2.91. The molecule has 0 bridgehead atoms. The molecule has 3 N–H and O–H groups in total. The van der Waals surface area contributed by atoms with Gasteiger partial charge in [0.05, 0.1) is 6.67 Å². The zero-order valence-electron chi connectivity index (χ0n) is 8.34. The van der Waals surface area contributed by atoms with E-state index in [4.69, 9.17) is 5.73 Å². The summed E-state index contributed by atoms with van der Waals surface area (Å²) < 4.78 is 0. The first-order chi connectivity index (χ1) is 5.79. The molecule has 73 valence electrons. The fraction of sp³-hybridized carbons (Fsp3) is 0.889. The molecule has 3 heteroatoms. The third-order valence-corrected chi connectivity index (χ3v) is 2.00. The Morgan fingerprint density at radius 1 is 1.50 bits per heavy atom. The molecule has 1 unspecified atom stereocenters.